The third kappa shape index (κ3) is 3.40. The molecule has 0 unspecified atom stereocenters. The van der Waals surface area contributed by atoms with Crippen LogP contribution in [0.2, 0.25) is 0 Å². The molecule has 104 valence electrons. The average Bonchev–Trinajstić information content (AvgIpc) is 2.51. The molecule has 20 heavy (non-hydrogen) atoms. The van der Waals surface area contributed by atoms with Gasteiger partial charge in [0.15, 0.2) is 0 Å². The van der Waals surface area contributed by atoms with E-state index in [0.29, 0.717) is 6.10 Å². The quantitative estimate of drug-likeness (QED) is 0.916. The average molecular weight is 267 g/mol. The maximum absolute atomic E-state index is 6.20. The van der Waals surface area contributed by atoms with Gasteiger partial charge in [0.05, 0.1) is 0 Å². The van der Waals surface area contributed by atoms with Crippen molar-refractivity contribution in [1.29, 1.82) is 0 Å². The molecule has 0 bridgehead atoms. The highest BCUT2D eigenvalue weighted by atomic mass is 16.5. The molecule has 0 aliphatic carbocycles. The maximum atomic E-state index is 6.20. The van der Waals surface area contributed by atoms with Gasteiger partial charge in [0.2, 0.25) is 0 Å². The van der Waals surface area contributed by atoms with Crippen LogP contribution in [0.15, 0.2) is 54.6 Å². The predicted molar refractivity (Wildman–Crippen MR) is 82.2 cm³/mol. The number of ether oxygens (including phenoxy) is 1. The summed E-state index contributed by atoms with van der Waals surface area (Å²) < 4.78 is 6.20. The number of rotatable bonds is 4. The van der Waals surface area contributed by atoms with Crippen molar-refractivity contribution in [3.05, 3.63) is 65.7 Å². The molecule has 3 rings (SSSR count). The summed E-state index contributed by atoms with van der Waals surface area (Å²) in [6.45, 7) is 2.07. The van der Waals surface area contributed by atoms with Gasteiger partial charge < -0.3 is 10.1 Å². The van der Waals surface area contributed by atoms with Crippen molar-refractivity contribution >= 4 is 0 Å². The molecule has 1 aliphatic rings. The van der Waals surface area contributed by atoms with Crippen LogP contribution in [-0.4, -0.2) is 19.2 Å². The van der Waals surface area contributed by atoms with Crippen LogP contribution in [0, 0.1) is 0 Å². The Kier molecular flexibility index (Phi) is 4.34. The van der Waals surface area contributed by atoms with Gasteiger partial charge >= 0.3 is 0 Å². The number of hydrogen-bond acceptors (Lipinski definition) is 2. The number of hydrogen-bond donors (Lipinski definition) is 1. The predicted octanol–water partition coefficient (Wildman–Crippen LogP) is 3.41. The van der Waals surface area contributed by atoms with E-state index in [0.717, 1.165) is 31.7 Å². The van der Waals surface area contributed by atoms with E-state index in [9.17, 15) is 0 Å². The summed E-state index contributed by atoms with van der Waals surface area (Å²) in [7, 11) is 0. The van der Waals surface area contributed by atoms with E-state index in [1.54, 1.807) is 0 Å². The monoisotopic (exact) mass is 267 g/mol. The van der Waals surface area contributed by atoms with E-state index >= 15 is 0 Å². The Hall–Kier alpha value is -1.80. The Morgan fingerprint density at radius 3 is 2.60 bits per heavy atom. The summed E-state index contributed by atoms with van der Waals surface area (Å²) in [5, 5.41) is 3.40. The van der Waals surface area contributed by atoms with Crippen molar-refractivity contribution in [1.82, 2.24) is 5.32 Å². The third-order valence-corrected chi connectivity index (χ3v) is 3.76. The molecule has 1 N–H and O–H groups in total. The lowest BCUT2D eigenvalue weighted by molar-refractivity contribution is 0.166. The summed E-state index contributed by atoms with van der Waals surface area (Å²) in [5.74, 6) is 1.03. The number of para-hydroxylation sites is 1. The number of nitrogens with one attached hydrogen (secondary N) is 1. The molecular formula is C18H21NO. The molecule has 0 saturated carbocycles. The van der Waals surface area contributed by atoms with E-state index in [1.807, 2.05) is 0 Å². The van der Waals surface area contributed by atoms with Crippen LogP contribution in [0.3, 0.4) is 0 Å². The zero-order chi connectivity index (χ0) is 13.6. The lowest BCUT2D eigenvalue weighted by Gasteiger charge is -2.25. The largest absolute Gasteiger partial charge is 0.489 e. The molecule has 2 aromatic rings. The first-order valence-electron chi connectivity index (χ1n) is 7.41. The van der Waals surface area contributed by atoms with E-state index < -0.39 is 0 Å². The highest BCUT2D eigenvalue weighted by Crippen LogP contribution is 2.23. The first-order valence-corrected chi connectivity index (χ1v) is 7.41. The summed E-state index contributed by atoms with van der Waals surface area (Å²) in [6, 6.07) is 19.0. The first kappa shape index (κ1) is 13.2. The Morgan fingerprint density at radius 1 is 1.00 bits per heavy atom. The van der Waals surface area contributed by atoms with Gasteiger partial charge in [-0.1, -0.05) is 48.5 Å². The van der Waals surface area contributed by atoms with Gasteiger partial charge in [-0.3, -0.25) is 0 Å². The molecule has 2 heteroatoms. The number of piperidine rings is 1. The van der Waals surface area contributed by atoms with Crippen LogP contribution in [0.25, 0.3) is 0 Å². The SMILES string of the molecule is c1ccc(Cc2ccccc2O[C@H]2CCCNC2)cc1. The summed E-state index contributed by atoms with van der Waals surface area (Å²) in [5.41, 5.74) is 2.59. The van der Waals surface area contributed by atoms with E-state index in [2.05, 4.69) is 59.9 Å². The molecular weight excluding hydrogens is 246 g/mol. The summed E-state index contributed by atoms with van der Waals surface area (Å²) >= 11 is 0. The van der Waals surface area contributed by atoms with Crippen LogP contribution in [-0.2, 0) is 6.42 Å². The van der Waals surface area contributed by atoms with Crippen LogP contribution >= 0.6 is 0 Å². The molecule has 1 heterocycles. The minimum absolute atomic E-state index is 0.306. The van der Waals surface area contributed by atoms with Crippen molar-refractivity contribution in [3.63, 3.8) is 0 Å². The first-order chi connectivity index (χ1) is 9.92. The molecule has 1 aliphatic heterocycles. The van der Waals surface area contributed by atoms with Crippen molar-refractivity contribution in [3.8, 4) is 5.75 Å². The summed E-state index contributed by atoms with van der Waals surface area (Å²) in [4.78, 5) is 0. The number of benzene rings is 2. The van der Waals surface area contributed by atoms with Crippen LogP contribution < -0.4 is 10.1 Å². The van der Waals surface area contributed by atoms with Gasteiger partial charge in [-0.25, -0.2) is 0 Å². The molecule has 1 fully saturated rings. The lowest BCUT2D eigenvalue weighted by Crippen LogP contribution is -2.37. The molecule has 0 aromatic heterocycles. The Balaban J connectivity index is 1.74. The van der Waals surface area contributed by atoms with Crippen molar-refractivity contribution < 1.29 is 4.74 Å². The fourth-order valence-corrected chi connectivity index (χ4v) is 2.68. The molecule has 2 nitrogen and oxygen atoms in total. The minimum atomic E-state index is 0.306. The lowest BCUT2D eigenvalue weighted by atomic mass is 10.0. The van der Waals surface area contributed by atoms with Crippen molar-refractivity contribution in [2.24, 2.45) is 0 Å². The van der Waals surface area contributed by atoms with Crippen LogP contribution in [0.5, 0.6) is 5.75 Å². The van der Waals surface area contributed by atoms with E-state index in [1.165, 1.54) is 17.5 Å². The van der Waals surface area contributed by atoms with Gasteiger partial charge in [0, 0.05) is 13.0 Å². The van der Waals surface area contributed by atoms with Gasteiger partial charge in [-0.15, -0.1) is 0 Å². The molecule has 1 saturated heterocycles. The zero-order valence-electron chi connectivity index (χ0n) is 11.7. The normalized spacial score (nSPS) is 18.7. The van der Waals surface area contributed by atoms with Gasteiger partial charge in [0.1, 0.15) is 11.9 Å². The van der Waals surface area contributed by atoms with Gasteiger partial charge in [-0.2, -0.15) is 0 Å². The molecule has 0 amide bonds. The van der Waals surface area contributed by atoms with E-state index in [-0.39, 0.29) is 0 Å². The fraction of sp³-hybridized carbons (Fsp3) is 0.333. The van der Waals surface area contributed by atoms with Crippen LogP contribution in [0.4, 0.5) is 0 Å². The molecule has 0 radical (unpaired) electrons. The highest BCUT2D eigenvalue weighted by Gasteiger charge is 2.15. The standard InChI is InChI=1S/C18H21NO/c1-2-7-15(8-3-1)13-16-9-4-5-11-18(16)20-17-10-6-12-19-14-17/h1-5,7-9,11,17,19H,6,10,12-14H2/t17-/m0/s1. The second-order valence-electron chi connectivity index (χ2n) is 5.36. The highest BCUT2D eigenvalue weighted by molar-refractivity contribution is 5.37. The van der Waals surface area contributed by atoms with Gasteiger partial charge in [-0.05, 0) is 36.6 Å². The van der Waals surface area contributed by atoms with E-state index in [4.69, 9.17) is 4.74 Å². The second kappa shape index (κ2) is 6.58. The van der Waals surface area contributed by atoms with Crippen LogP contribution in [0.1, 0.15) is 24.0 Å². The molecule has 0 spiro atoms. The van der Waals surface area contributed by atoms with Crippen molar-refractivity contribution in [2.75, 3.05) is 13.1 Å². The molecule has 2 aromatic carbocycles. The Bertz CT molecular complexity index is 532. The third-order valence-electron chi connectivity index (χ3n) is 3.76. The fourth-order valence-electron chi connectivity index (χ4n) is 2.68. The second-order valence-corrected chi connectivity index (χ2v) is 5.36. The van der Waals surface area contributed by atoms with Crippen molar-refractivity contribution in [2.45, 2.75) is 25.4 Å². The smallest absolute Gasteiger partial charge is 0.123 e. The molecule has 1 atom stereocenters. The Morgan fingerprint density at radius 2 is 1.80 bits per heavy atom. The minimum Gasteiger partial charge on any atom is -0.489 e. The Labute approximate surface area is 120 Å². The van der Waals surface area contributed by atoms with Gasteiger partial charge in [0.25, 0.3) is 0 Å². The summed E-state index contributed by atoms with van der Waals surface area (Å²) in [6.07, 6.45) is 3.58. The maximum Gasteiger partial charge on any atom is 0.123 e. The zero-order valence-corrected chi connectivity index (χ0v) is 11.7. The topological polar surface area (TPSA) is 21.3 Å².